The van der Waals surface area contributed by atoms with E-state index in [1.165, 1.54) is 13.8 Å². The first-order valence-corrected chi connectivity index (χ1v) is 2.08. The molecule has 0 radical (unpaired) electrons. The minimum absolute atomic E-state index is 0.0347. The van der Waals surface area contributed by atoms with Crippen LogP contribution in [0.5, 0.6) is 0 Å². The van der Waals surface area contributed by atoms with Gasteiger partial charge in [0.2, 0.25) is 6.54 Å². The van der Waals surface area contributed by atoms with E-state index >= 15 is 0 Å². The van der Waals surface area contributed by atoms with E-state index in [1.54, 1.807) is 0 Å². The third kappa shape index (κ3) is 5.42. The van der Waals surface area contributed by atoms with E-state index in [4.69, 9.17) is 6.57 Å². The summed E-state index contributed by atoms with van der Waals surface area (Å²) in [5, 5.41) is 0. The molecule has 0 bridgehead atoms. The Balaban J connectivity index is 3.40. The predicted molar refractivity (Wildman–Crippen MR) is 26.7 cm³/mol. The van der Waals surface area contributed by atoms with Crippen molar-refractivity contribution in [3.8, 4) is 0 Å². The van der Waals surface area contributed by atoms with Gasteiger partial charge < -0.3 is 4.85 Å². The summed E-state index contributed by atoms with van der Waals surface area (Å²) >= 11 is 0. The highest BCUT2D eigenvalue weighted by Gasteiger charge is 2.17. The second-order valence-electron chi connectivity index (χ2n) is 2.03. The van der Waals surface area contributed by atoms with E-state index < -0.39 is 5.67 Å². The van der Waals surface area contributed by atoms with Crippen LogP contribution < -0.4 is 0 Å². The maximum atomic E-state index is 12.2. The molecule has 0 spiro atoms. The van der Waals surface area contributed by atoms with Crippen molar-refractivity contribution in [1.82, 2.24) is 0 Å². The van der Waals surface area contributed by atoms with Crippen molar-refractivity contribution in [1.29, 1.82) is 0 Å². The van der Waals surface area contributed by atoms with Gasteiger partial charge in [0.1, 0.15) is 0 Å². The van der Waals surface area contributed by atoms with Crippen LogP contribution in [0.1, 0.15) is 13.8 Å². The Kier molecular flexibility index (Phi) is 1.76. The molecule has 0 aromatic carbocycles. The summed E-state index contributed by atoms with van der Waals surface area (Å²) < 4.78 is 12.2. The maximum Gasteiger partial charge on any atom is 0.247 e. The fraction of sp³-hybridized carbons (Fsp3) is 0.800. The normalized spacial score (nSPS) is 10.6. The monoisotopic (exact) mass is 101 g/mol. The zero-order valence-electron chi connectivity index (χ0n) is 4.53. The van der Waals surface area contributed by atoms with Crippen LogP contribution in [-0.4, -0.2) is 12.2 Å². The second kappa shape index (κ2) is 1.92. The summed E-state index contributed by atoms with van der Waals surface area (Å²) in [4.78, 5) is 2.88. The van der Waals surface area contributed by atoms with Gasteiger partial charge in [-0.1, -0.05) is 0 Å². The molecule has 0 heterocycles. The molecule has 0 aliphatic heterocycles. The van der Waals surface area contributed by atoms with Gasteiger partial charge in [-0.25, -0.2) is 11.0 Å². The second-order valence-corrected chi connectivity index (χ2v) is 2.03. The fourth-order valence-corrected chi connectivity index (χ4v) is 0.188. The Hall–Kier alpha value is -0.580. The summed E-state index contributed by atoms with van der Waals surface area (Å²) in [5.74, 6) is 0. The van der Waals surface area contributed by atoms with Gasteiger partial charge in [0.05, 0.1) is 0 Å². The van der Waals surface area contributed by atoms with Gasteiger partial charge in [-0.3, -0.25) is 0 Å². The molecule has 0 amide bonds. The van der Waals surface area contributed by atoms with Gasteiger partial charge in [0.25, 0.3) is 0 Å². The third-order valence-electron chi connectivity index (χ3n) is 0.455. The van der Waals surface area contributed by atoms with Gasteiger partial charge in [0, 0.05) is 0 Å². The van der Waals surface area contributed by atoms with E-state index in [0.717, 1.165) is 0 Å². The quantitative estimate of drug-likeness (QED) is 0.442. The first-order valence-electron chi connectivity index (χ1n) is 2.08. The first-order chi connectivity index (χ1) is 3.06. The average molecular weight is 101 g/mol. The number of rotatable bonds is 1. The van der Waals surface area contributed by atoms with Crippen molar-refractivity contribution in [2.24, 2.45) is 0 Å². The van der Waals surface area contributed by atoms with Crippen LogP contribution >= 0.6 is 0 Å². The number of hydrogen-bond acceptors (Lipinski definition) is 0. The molecule has 0 aliphatic carbocycles. The minimum atomic E-state index is -1.30. The van der Waals surface area contributed by atoms with Crippen molar-refractivity contribution in [3.63, 3.8) is 0 Å². The van der Waals surface area contributed by atoms with Gasteiger partial charge >= 0.3 is 0 Å². The van der Waals surface area contributed by atoms with Crippen molar-refractivity contribution in [2.75, 3.05) is 6.54 Å². The largest absolute Gasteiger partial charge is 0.313 e. The molecular formula is C5H8FN. The molecule has 0 aliphatic rings. The lowest BCUT2D eigenvalue weighted by Gasteiger charge is -2.01. The van der Waals surface area contributed by atoms with Crippen LogP contribution in [0.4, 0.5) is 4.39 Å². The number of halogens is 1. The fourth-order valence-electron chi connectivity index (χ4n) is 0.188. The zero-order valence-corrected chi connectivity index (χ0v) is 4.53. The molecule has 0 atom stereocenters. The lowest BCUT2D eigenvalue weighted by molar-refractivity contribution is 0.240. The molecule has 0 N–H and O–H groups in total. The number of alkyl halides is 1. The van der Waals surface area contributed by atoms with Crippen LogP contribution in [-0.2, 0) is 0 Å². The van der Waals surface area contributed by atoms with Crippen molar-refractivity contribution in [2.45, 2.75) is 19.5 Å². The highest BCUT2D eigenvalue weighted by atomic mass is 19.1. The highest BCUT2D eigenvalue weighted by Crippen LogP contribution is 2.06. The summed E-state index contributed by atoms with van der Waals surface area (Å²) in [7, 11) is 0. The third-order valence-corrected chi connectivity index (χ3v) is 0.455. The Bertz CT molecular complexity index is 85.2. The topological polar surface area (TPSA) is 4.36 Å². The van der Waals surface area contributed by atoms with Crippen LogP contribution in [0.15, 0.2) is 0 Å². The van der Waals surface area contributed by atoms with Crippen LogP contribution in [0.2, 0.25) is 0 Å². The van der Waals surface area contributed by atoms with Gasteiger partial charge in [0.15, 0.2) is 5.67 Å². The van der Waals surface area contributed by atoms with E-state index in [-0.39, 0.29) is 6.54 Å². The van der Waals surface area contributed by atoms with Gasteiger partial charge in [-0.15, -0.1) is 0 Å². The molecule has 40 valence electrons. The van der Waals surface area contributed by atoms with Crippen LogP contribution in [0, 0.1) is 6.57 Å². The Morgan fingerprint density at radius 2 is 2.14 bits per heavy atom. The molecule has 2 heteroatoms. The number of hydrogen-bond donors (Lipinski definition) is 0. The maximum absolute atomic E-state index is 12.2. The lowest BCUT2D eigenvalue weighted by Crippen LogP contribution is -2.14. The van der Waals surface area contributed by atoms with Crippen molar-refractivity contribution < 1.29 is 4.39 Å². The van der Waals surface area contributed by atoms with Gasteiger partial charge in [-0.2, -0.15) is 0 Å². The Morgan fingerprint density at radius 3 is 2.14 bits per heavy atom. The molecule has 0 saturated heterocycles. The molecule has 0 unspecified atom stereocenters. The van der Waals surface area contributed by atoms with Gasteiger partial charge in [-0.05, 0) is 13.8 Å². The van der Waals surface area contributed by atoms with Crippen molar-refractivity contribution in [3.05, 3.63) is 11.4 Å². The molecule has 0 fully saturated rings. The molecular weight excluding hydrogens is 93.1 g/mol. The zero-order chi connectivity index (χ0) is 5.91. The number of nitrogens with zero attached hydrogens (tertiary/aromatic N) is 1. The van der Waals surface area contributed by atoms with E-state index in [1.807, 2.05) is 0 Å². The highest BCUT2D eigenvalue weighted by molar-refractivity contribution is 4.76. The van der Waals surface area contributed by atoms with E-state index in [2.05, 4.69) is 4.85 Å². The smallest absolute Gasteiger partial charge is 0.247 e. The molecule has 1 nitrogen and oxygen atoms in total. The van der Waals surface area contributed by atoms with Crippen molar-refractivity contribution >= 4 is 0 Å². The summed E-state index contributed by atoms with van der Waals surface area (Å²) in [6.07, 6.45) is 0. The Labute approximate surface area is 43.0 Å². The molecule has 0 rings (SSSR count). The summed E-state index contributed by atoms with van der Waals surface area (Å²) in [6.45, 7) is 9.00. The van der Waals surface area contributed by atoms with E-state index in [9.17, 15) is 4.39 Å². The molecule has 0 aromatic rings. The summed E-state index contributed by atoms with van der Waals surface area (Å²) in [5.41, 5.74) is -1.30. The minimum Gasteiger partial charge on any atom is -0.313 e. The molecule has 0 saturated carbocycles. The standard InChI is InChI=1S/C5H8FN/c1-5(2,6)4-7-3/h4H2,1-2H3. The average Bonchev–Trinajstić information content (AvgIpc) is 1.30. The SMILES string of the molecule is [C-]#[N+]CC(C)(C)F. The van der Waals surface area contributed by atoms with Crippen LogP contribution in [0.25, 0.3) is 4.85 Å². The van der Waals surface area contributed by atoms with Crippen LogP contribution in [0.3, 0.4) is 0 Å². The lowest BCUT2D eigenvalue weighted by atomic mass is 10.2. The molecule has 7 heavy (non-hydrogen) atoms. The summed E-state index contributed by atoms with van der Waals surface area (Å²) in [6, 6.07) is 0. The molecule has 0 aromatic heterocycles. The first kappa shape index (κ1) is 6.42. The Morgan fingerprint density at radius 1 is 1.71 bits per heavy atom. The van der Waals surface area contributed by atoms with E-state index in [0.29, 0.717) is 0 Å². The predicted octanol–water partition coefficient (Wildman–Crippen LogP) is 1.65.